The van der Waals surface area contributed by atoms with E-state index in [0.717, 1.165) is 10.8 Å². The molecule has 2 N–H and O–H groups in total. The smallest absolute Gasteiger partial charge is 0.270 e. The number of carbonyl (C=O) groups is 1. The molecule has 0 spiro atoms. The van der Waals surface area contributed by atoms with Gasteiger partial charge in [0.05, 0.1) is 12.1 Å². The van der Waals surface area contributed by atoms with Crippen molar-refractivity contribution in [3.05, 3.63) is 77.9 Å². The molecule has 0 aliphatic heterocycles. The molecule has 24 heavy (non-hydrogen) atoms. The van der Waals surface area contributed by atoms with Gasteiger partial charge >= 0.3 is 0 Å². The number of nitrogens with zero attached hydrogens (tertiary/aromatic N) is 1. The summed E-state index contributed by atoms with van der Waals surface area (Å²) in [5.41, 5.74) is 0.848. The van der Waals surface area contributed by atoms with Crippen LogP contribution in [0, 0.1) is 5.82 Å². The van der Waals surface area contributed by atoms with Gasteiger partial charge in [-0.15, -0.1) is 0 Å². The average Bonchev–Trinajstić information content (AvgIpc) is 2.61. The molecule has 0 radical (unpaired) electrons. The van der Waals surface area contributed by atoms with E-state index >= 15 is 0 Å². The predicted molar refractivity (Wildman–Crippen MR) is 90.0 cm³/mol. The SMILES string of the molecule is CC(NC(=O)c1nccc2ccccc12)C(O)c1ccc(F)cc1. The lowest BCUT2D eigenvalue weighted by Gasteiger charge is -2.20. The number of fused-ring (bicyclic) bond motifs is 1. The summed E-state index contributed by atoms with van der Waals surface area (Å²) < 4.78 is 13.0. The molecular formula is C19H17FN2O2. The molecule has 122 valence electrons. The Morgan fingerprint density at radius 3 is 2.58 bits per heavy atom. The molecule has 1 heterocycles. The number of nitrogens with one attached hydrogen (secondary N) is 1. The molecule has 0 saturated carbocycles. The van der Waals surface area contributed by atoms with E-state index in [1.807, 2.05) is 30.3 Å². The van der Waals surface area contributed by atoms with E-state index in [1.54, 1.807) is 13.1 Å². The normalized spacial score (nSPS) is 13.5. The number of hydrogen-bond acceptors (Lipinski definition) is 3. The Hall–Kier alpha value is -2.79. The number of aliphatic hydroxyl groups excluding tert-OH is 1. The standard InChI is InChI=1S/C19H17FN2O2/c1-12(18(23)14-6-8-15(20)9-7-14)22-19(24)17-16-5-3-2-4-13(16)10-11-21-17/h2-12,18,23H,1H3,(H,22,24). The van der Waals surface area contributed by atoms with Gasteiger partial charge in [0, 0.05) is 11.6 Å². The van der Waals surface area contributed by atoms with E-state index < -0.39 is 12.1 Å². The topological polar surface area (TPSA) is 62.2 Å². The Morgan fingerprint density at radius 1 is 1.12 bits per heavy atom. The van der Waals surface area contributed by atoms with Gasteiger partial charge in [-0.05, 0) is 36.1 Å². The fraction of sp³-hybridized carbons (Fsp3) is 0.158. The molecular weight excluding hydrogens is 307 g/mol. The number of carbonyl (C=O) groups excluding carboxylic acids is 1. The van der Waals surface area contributed by atoms with Crippen LogP contribution >= 0.6 is 0 Å². The summed E-state index contributed by atoms with van der Waals surface area (Å²) in [5, 5.41) is 14.8. The highest BCUT2D eigenvalue weighted by Crippen LogP contribution is 2.19. The number of benzene rings is 2. The van der Waals surface area contributed by atoms with Gasteiger partial charge in [0.2, 0.25) is 0 Å². The summed E-state index contributed by atoms with van der Waals surface area (Å²) in [6, 6.07) is 14.3. The van der Waals surface area contributed by atoms with Crippen molar-refractivity contribution in [2.45, 2.75) is 19.1 Å². The van der Waals surface area contributed by atoms with Crippen LogP contribution in [0.4, 0.5) is 4.39 Å². The fourth-order valence-electron chi connectivity index (χ4n) is 2.60. The molecule has 0 saturated heterocycles. The summed E-state index contributed by atoms with van der Waals surface area (Å²) in [6.07, 6.45) is 0.641. The monoisotopic (exact) mass is 324 g/mol. The summed E-state index contributed by atoms with van der Waals surface area (Å²) >= 11 is 0. The minimum Gasteiger partial charge on any atom is -0.386 e. The number of hydrogen-bond donors (Lipinski definition) is 2. The molecule has 0 aliphatic carbocycles. The summed E-state index contributed by atoms with van der Waals surface area (Å²) in [4.78, 5) is 16.7. The van der Waals surface area contributed by atoms with Crippen molar-refractivity contribution in [2.75, 3.05) is 0 Å². The van der Waals surface area contributed by atoms with Gasteiger partial charge in [0.15, 0.2) is 0 Å². The van der Waals surface area contributed by atoms with Crippen molar-refractivity contribution in [2.24, 2.45) is 0 Å². The maximum atomic E-state index is 13.0. The second kappa shape index (κ2) is 6.76. The lowest BCUT2D eigenvalue weighted by molar-refractivity contribution is 0.0849. The molecule has 4 nitrogen and oxygen atoms in total. The molecule has 2 unspecified atom stereocenters. The van der Waals surface area contributed by atoms with Gasteiger partial charge < -0.3 is 10.4 Å². The molecule has 0 fully saturated rings. The van der Waals surface area contributed by atoms with Gasteiger partial charge in [-0.2, -0.15) is 0 Å². The van der Waals surface area contributed by atoms with E-state index in [4.69, 9.17) is 0 Å². The first kappa shape index (κ1) is 16.1. The Bertz CT molecular complexity index is 859. The molecule has 5 heteroatoms. The lowest BCUT2D eigenvalue weighted by atomic mass is 10.0. The zero-order valence-corrected chi connectivity index (χ0v) is 13.1. The van der Waals surface area contributed by atoms with Crippen molar-refractivity contribution in [1.29, 1.82) is 0 Å². The van der Waals surface area contributed by atoms with Crippen molar-refractivity contribution in [3.8, 4) is 0 Å². The Morgan fingerprint density at radius 2 is 1.83 bits per heavy atom. The molecule has 0 aliphatic rings. The number of halogens is 1. The summed E-state index contributed by atoms with van der Waals surface area (Å²) in [6.45, 7) is 1.69. The number of aromatic nitrogens is 1. The largest absolute Gasteiger partial charge is 0.386 e. The lowest BCUT2D eigenvalue weighted by Crippen LogP contribution is -2.37. The van der Waals surface area contributed by atoms with Crippen LogP contribution in [0.5, 0.6) is 0 Å². The first-order chi connectivity index (χ1) is 11.6. The molecule has 1 aromatic heterocycles. The number of amides is 1. The first-order valence-corrected chi connectivity index (χ1v) is 7.64. The van der Waals surface area contributed by atoms with Crippen LogP contribution in [-0.2, 0) is 0 Å². The van der Waals surface area contributed by atoms with E-state index in [9.17, 15) is 14.3 Å². The van der Waals surface area contributed by atoms with Crippen molar-refractivity contribution < 1.29 is 14.3 Å². The van der Waals surface area contributed by atoms with Gasteiger partial charge in [0.25, 0.3) is 5.91 Å². The quantitative estimate of drug-likeness (QED) is 0.774. The molecule has 0 bridgehead atoms. The van der Waals surface area contributed by atoms with E-state index in [1.165, 1.54) is 24.3 Å². The van der Waals surface area contributed by atoms with Crippen LogP contribution in [0.2, 0.25) is 0 Å². The van der Waals surface area contributed by atoms with Crippen molar-refractivity contribution in [3.63, 3.8) is 0 Å². The molecule has 3 rings (SSSR count). The maximum Gasteiger partial charge on any atom is 0.270 e. The molecule has 3 aromatic rings. The van der Waals surface area contributed by atoms with Crippen LogP contribution in [0.25, 0.3) is 10.8 Å². The van der Waals surface area contributed by atoms with E-state index in [-0.39, 0.29) is 11.7 Å². The fourth-order valence-corrected chi connectivity index (χ4v) is 2.60. The van der Waals surface area contributed by atoms with Gasteiger partial charge in [-0.25, -0.2) is 4.39 Å². The number of pyridine rings is 1. The van der Waals surface area contributed by atoms with Crippen LogP contribution in [0.3, 0.4) is 0 Å². The highest BCUT2D eigenvalue weighted by atomic mass is 19.1. The third-order valence-corrected chi connectivity index (χ3v) is 3.93. The van der Waals surface area contributed by atoms with Crippen LogP contribution < -0.4 is 5.32 Å². The van der Waals surface area contributed by atoms with Gasteiger partial charge in [-0.1, -0.05) is 36.4 Å². The Kier molecular flexibility index (Phi) is 4.53. The van der Waals surface area contributed by atoms with Crippen LogP contribution in [-0.4, -0.2) is 22.0 Å². The minimum atomic E-state index is -0.940. The average molecular weight is 324 g/mol. The second-order valence-electron chi connectivity index (χ2n) is 5.64. The third kappa shape index (κ3) is 3.26. The predicted octanol–water partition coefficient (Wildman–Crippen LogP) is 3.23. The number of rotatable bonds is 4. The maximum absolute atomic E-state index is 13.0. The summed E-state index contributed by atoms with van der Waals surface area (Å²) in [7, 11) is 0. The minimum absolute atomic E-state index is 0.311. The van der Waals surface area contributed by atoms with Crippen LogP contribution in [0.15, 0.2) is 60.8 Å². The molecule has 2 aromatic carbocycles. The number of aliphatic hydroxyl groups is 1. The third-order valence-electron chi connectivity index (χ3n) is 3.93. The highest BCUT2D eigenvalue weighted by Gasteiger charge is 2.20. The highest BCUT2D eigenvalue weighted by molar-refractivity contribution is 6.05. The molecule has 2 atom stereocenters. The Balaban J connectivity index is 1.79. The van der Waals surface area contributed by atoms with E-state index in [2.05, 4.69) is 10.3 Å². The van der Waals surface area contributed by atoms with Crippen molar-refractivity contribution in [1.82, 2.24) is 10.3 Å². The second-order valence-corrected chi connectivity index (χ2v) is 5.64. The van der Waals surface area contributed by atoms with E-state index in [0.29, 0.717) is 11.3 Å². The van der Waals surface area contributed by atoms with Crippen molar-refractivity contribution >= 4 is 16.7 Å². The zero-order chi connectivity index (χ0) is 17.1. The van der Waals surface area contributed by atoms with Gasteiger partial charge in [-0.3, -0.25) is 9.78 Å². The van der Waals surface area contributed by atoms with Gasteiger partial charge in [0.1, 0.15) is 11.5 Å². The summed E-state index contributed by atoms with van der Waals surface area (Å²) in [5.74, 6) is -0.733. The Labute approximate surface area is 139 Å². The molecule has 1 amide bonds. The zero-order valence-electron chi connectivity index (χ0n) is 13.1. The first-order valence-electron chi connectivity index (χ1n) is 7.64. The van der Waals surface area contributed by atoms with Crippen LogP contribution in [0.1, 0.15) is 29.1 Å².